The number of carbonyl (C=O) groups excluding carboxylic acids is 1. The summed E-state index contributed by atoms with van der Waals surface area (Å²) in [4.78, 5) is 11.8. The molecule has 138 valence electrons. The van der Waals surface area contributed by atoms with Gasteiger partial charge in [-0.3, -0.25) is 4.79 Å². The maximum absolute atomic E-state index is 11.8. The Morgan fingerprint density at radius 3 is 2.54 bits per heavy atom. The summed E-state index contributed by atoms with van der Waals surface area (Å²) >= 11 is 15.2. The number of methoxy groups -OCH3 is 2. The average Bonchev–Trinajstić information content (AvgIpc) is 2.61. The fourth-order valence-corrected chi connectivity index (χ4v) is 2.91. The van der Waals surface area contributed by atoms with E-state index in [9.17, 15) is 4.79 Å². The predicted octanol–water partition coefficient (Wildman–Crippen LogP) is 4.30. The molecule has 0 atom stereocenters. The highest BCUT2D eigenvalue weighted by Crippen LogP contribution is 2.32. The lowest BCUT2D eigenvalue weighted by molar-refractivity contribution is -0.123. The summed E-state index contributed by atoms with van der Waals surface area (Å²) in [5.74, 6) is 1.08. The van der Waals surface area contributed by atoms with Crippen LogP contribution < -0.4 is 19.6 Å². The zero-order valence-electron chi connectivity index (χ0n) is 13.9. The van der Waals surface area contributed by atoms with Gasteiger partial charge in [-0.2, -0.15) is 5.10 Å². The summed E-state index contributed by atoms with van der Waals surface area (Å²) in [7, 11) is 3.09. The van der Waals surface area contributed by atoms with Gasteiger partial charge in [0.2, 0.25) is 0 Å². The van der Waals surface area contributed by atoms with E-state index < -0.39 is 5.91 Å². The van der Waals surface area contributed by atoms with Gasteiger partial charge in [0.15, 0.2) is 6.61 Å². The predicted molar refractivity (Wildman–Crippen MR) is 105 cm³/mol. The molecule has 0 saturated heterocycles. The Bertz CT molecular complexity index is 831. The van der Waals surface area contributed by atoms with Gasteiger partial charge in [0.05, 0.1) is 29.9 Å². The first-order chi connectivity index (χ1) is 12.4. The summed E-state index contributed by atoms with van der Waals surface area (Å²) in [6, 6.07) is 8.20. The Balaban J connectivity index is 1.95. The van der Waals surface area contributed by atoms with E-state index >= 15 is 0 Å². The number of hydrogen-bond acceptors (Lipinski definition) is 5. The van der Waals surface area contributed by atoms with Crippen LogP contribution in [-0.4, -0.2) is 32.9 Å². The standard InChI is InChI=1S/C17H15BrCl2N2O4/c1-24-15-7-16(25-2)12(18)5-10(15)8-21-22-17(23)9-26-14-4-3-11(19)6-13(14)20/h3-8H,9H2,1-2H3,(H,22,23)/b21-8-. The summed E-state index contributed by atoms with van der Waals surface area (Å²) < 4.78 is 16.5. The minimum atomic E-state index is -0.446. The first-order valence-corrected chi connectivity index (χ1v) is 8.80. The van der Waals surface area contributed by atoms with Gasteiger partial charge in [-0.05, 0) is 40.2 Å². The molecule has 2 rings (SSSR count). The third-order valence-electron chi connectivity index (χ3n) is 3.15. The number of hydrogen-bond donors (Lipinski definition) is 1. The third-order valence-corrected chi connectivity index (χ3v) is 4.30. The molecule has 0 heterocycles. The van der Waals surface area contributed by atoms with Crippen LogP contribution in [-0.2, 0) is 4.79 Å². The highest BCUT2D eigenvalue weighted by atomic mass is 79.9. The van der Waals surface area contributed by atoms with Gasteiger partial charge < -0.3 is 14.2 Å². The summed E-state index contributed by atoms with van der Waals surface area (Å²) in [5, 5.41) is 4.70. The molecule has 6 nitrogen and oxygen atoms in total. The van der Waals surface area contributed by atoms with Gasteiger partial charge in [-0.1, -0.05) is 23.2 Å². The van der Waals surface area contributed by atoms with Gasteiger partial charge in [-0.25, -0.2) is 5.43 Å². The van der Waals surface area contributed by atoms with Crippen LogP contribution in [0.2, 0.25) is 10.0 Å². The van der Waals surface area contributed by atoms with E-state index in [-0.39, 0.29) is 6.61 Å². The van der Waals surface area contributed by atoms with E-state index in [4.69, 9.17) is 37.4 Å². The van der Waals surface area contributed by atoms with Crippen LogP contribution in [0.3, 0.4) is 0 Å². The van der Waals surface area contributed by atoms with Gasteiger partial charge in [0.1, 0.15) is 17.2 Å². The molecule has 0 radical (unpaired) electrons. The molecule has 0 bridgehead atoms. The lowest BCUT2D eigenvalue weighted by atomic mass is 10.2. The average molecular weight is 462 g/mol. The van der Waals surface area contributed by atoms with Crippen molar-refractivity contribution in [2.75, 3.05) is 20.8 Å². The van der Waals surface area contributed by atoms with E-state index in [0.717, 1.165) is 4.47 Å². The van der Waals surface area contributed by atoms with Crippen molar-refractivity contribution < 1.29 is 19.0 Å². The Hall–Kier alpha value is -1.96. The van der Waals surface area contributed by atoms with Crippen LogP contribution in [0.1, 0.15) is 5.56 Å². The zero-order valence-corrected chi connectivity index (χ0v) is 17.0. The van der Waals surface area contributed by atoms with Crippen LogP contribution >= 0.6 is 39.1 Å². The Morgan fingerprint density at radius 2 is 1.88 bits per heavy atom. The Labute approximate surface area is 169 Å². The molecule has 0 fully saturated rings. The van der Waals surface area contributed by atoms with Crippen molar-refractivity contribution in [3.63, 3.8) is 0 Å². The zero-order chi connectivity index (χ0) is 19.1. The van der Waals surface area contributed by atoms with Crippen molar-refractivity contribution in [3.8, 4) is 17.2 Å². The van der Waals surface area contributed by atoms with Gasteiger partial charge in [-0.15, -0.1) is 0 Å². The van der Waals surface area contributed by atoms with Crippen molar-refractivity contribution >= 4 is 51.3 Å². The number of nitrogens with one attached hydrogen (secondary N) is 1. The second-order valence-corrected chi connectivity index (χ2v) is 6.58. The molecule has 1 amide bonds. The molecule has 0 aromatic heterocycles. The van der Waals surface area contributed by atoms with Crippen LogP contribution in [0, 0.1) is 0 Å². The highest BCUT2D eigenvalue weighted by Gasteiger charge is 2.09. The molecule has 0 unspecified atom stereocenters. The van der Waals surface area contributed by atoms with Crippen molar-refractivity contribution in [1.29, 1.82) is 0 Å². The van der Waals surface area contributed by atoms with Gasteiger partial charge in [0, 0.05) is 16.7 Å². The molecule has 2 aromatic rings. The molecule has 1 N–H and O–H groups in total. The molecular weight excluding hydrogens is 447 g/mol. The lowest BCUT2D eigenvalue weighted by Gasteiger charge is -2.09. The van der Waals surface area contributed by atoms with Crippen LogP contribution in [0.5, 0.6) is 17.2 Å². The maximum Gasteiger partial charge on any atom is 0.277 e. The van der Waals surface area contributed by atoms with E-state index in [0.29, 0.717) is 32.9 Å². The van der Waals surface area contributed by atoms with Crippen molar-refractivity contribution in [2.24, 2.45) is 5.10 Å². The number of carbonyl (C=O) groups is 1. The SMILES string of the molecule is COc1cc(OC)c(/C=N\NC(=O)COc2ccc(Cl)cc2Cl)cc1Br. The lowest BCUT2D eigenvalue weighted by Crippen LogP contribution is -2.24. The van der Waals surface area contributed by atoms with E-state index in [1.807, 2.05) is 0 Å². The summed E-state index contributed by atoms with van der Waals surface area (Å²) in [5.41, 5.74) is 3.02. The van der Waals surface area contributed by atoms with Crippen LogP contribution in [0.4, 0.5) is 0 Å². The molecule has 0 aliphatic rings. The fourth-order valence-electron chi connectivity index (χ4n) is 1.93. The first kappa shape index (κ1) is 20.4. The highest BCUT2D eigenvalue weighted by molar-refractivity contribution is 9.10. The minimum Gasteiger partial charge on any atom is -0.496 e. The smallest absolute Gasteiger partial charge is 0.277 e. The number of nitrogens with zero attached hydrogens (tertiary/aromatic N) is 1. The molecule has 2 aromatic carbocycles. The van der Waals surface area contributed by atoms with Gasteiger partial charge in [0.25, 0.3) is 5.91 Å². The largest absolute Gasteiger partial charge is 0.496 e. The number of hydrazone groups is 1. The topological polar surface area (TPSA) is 69.2 Å². The third kappa shape index (κ3) is 5.52. The molecule has 0 aliphatic carbocycles. The maximum atomic E-state index is 11.8. The number of halogens is 3. The normalized spacial score (nSPS) is 10.7. The van der Waals surface area contributed by atoms with Crippen LogP contribution in [0.15, 0.2) is 39.9 Å². The van der Waals surface area contributed by atoms with Gasteiger partial charge >= 0.3 is 0 Å². The quantitative estimate of drug-likeness (QED) is 0.493. The molecule has 9 heteroatoms. The monoisotopic (exact) mass is 460 g/mol. The summed E-state index contributed by atoms with van der Waals surface area (Å²) in [6.45, 7) is -0.248. The molecule has 0 aliphatic heterocycles. The minimum absolute atomic E-state index is 0.248. The van der Waals surface area contributed by atoms with Crippen molar-refractivity contribution in [3.05, 3.63) is 50.4 Å². The molecule has 26 heavy (non-hydrogen) atoms. The van der Waals surface area contributed by atoms with Crippen LogP contribution in [0.25, 0.3) is 0 Å². The fraction of sp³-hybridized carbons (Fsp3) is 0.176. The number of benzene rings is 2. The first-order valence-electron chi connectivity index (χ1n) is 7.26. The van der Waals surface area contributed by atoms with E-state index in [2.05, 4.69) is 26.5 Å². The number of amides is 1. The Morgan fingerprint density at radius 1 is 1.15 bits per heavy atom. The number of rotatable bonds is 7. The molecule has 0 saturated carbocycles. The Kier molecular flexibility index (Phi) is 7.56. The van der Waals surface area contributed by atoms with Crippen molar-refractivity contribution in [2.45, 2.75) is 0 Å². The van der Waals surface area contributed by atoms with E-state index in [1.54, 1.807) is 31.4 Å². The second-order valence-electron chi connectivity index (χ2n) is 4.89. The number of ether oxygens (including phenoxy) is 3. The second kappa shape index (κ2) is 9.66. The van der Waals surface area contributed by atoms with E-state index in [1.165, 1.54) is 19.4 Å². The molecular formula is C17H15BrCl2N2O4. The van der Waals surface area contributed by atoms with Crippen molar-refractivity contribution in [1.82, 2.24) is 5.43 Å². The molecule has 0 spiro atoms. The summed E-state index contributed by atoms with van der Waals surface area (Å²) in [6.07, 6.45) is 1.45.